The van der Waals surface area contributed by atoms with Gasteiger partial charge in [0.1, 0.15) is 0 Å². The highest BCUT2D eigenvalue weighted by atomic mass is 32.1. The maximum absolute atomic E-state index is 4.59. The fourth-order valence-electron chi connectivity index (χ4n) is 3.41. The summed E-state index contributed by atoms with van der Waals surface area (Å²) >= 11 is 1.84. The van der Waals surface area contributed by atoms with Crippen LogP contribution >= 0.6 is 11.3 Å². The zero-order valence-electron chi connectivity index (χ0n) is 16.1. The first-order valence-electron chi connectivity index (χ1n) is 9.27. The van der Waals surface area contributed by atoms with Crippen molar-refractivity contribution in [2.24, 2.45) is 0 Å². The van der Waals surface area contributed by atoms with Crippen LogP contribution in [0.3, 0.4) is 0 Å². The first-order valence-corrected chi connectivity index (χ1v) is 10.1. The third-order valence-electron chi connectivity index (χ3n) is 5.02. The first kappa shape index (κ1) is 18.6. The second-order valence-electron chi connectivity index (χ2n) is 7.00. The third-order valence-corrected chi connectivity index (χ3v) is 6.00. The molecule has 3 aromatic rings. The molecule has 1 nitrogen and oxygen atoms in total. The quantitative estimate of drug-likeness (QED) is 0.419. The molecule has 0 aliphatic carbocycles. The third kappa shape index (κ3) is 3.96. The van der Waals surface area contributed by atoms with Gasteiger partial charge in [-0.2, -0.15) is 0 Å². The number of allylic oxidation sites excluding steroid dienone is 1. The molecule has 0 atom stereocenters. The van der Waals surface area contributed by atoms with Gasteiger partial charge in [-0.25, -0.2) is 0 Å². The molecule has 0 spiro atoms. The maximum Gasteiger partial charge on any atom is 0.0407 e. The highest BCUT2D eigenvalue weighted by Gasteiger charge is 2.11. The molecule has 0 N–H and O–H groups in total. The molecule has 0 unspecified atom stereocenters. The number of aromatic nitrogens is 1. The topological polar surface area (TPSA) is 12.9 Å². The summed E-state index contributed by atoms with van der Waals surface area (Å²) in [5, 5.41) is 3.65. The van der Waals surface area contributed by atoms with Gasteiger partial charge in [0.2, 0.25) is 0 Å². The number of fused-ring (bicyclic) bond motifs is 1. The van der Waals surface area contributed by atoms with Gasteiger partial charge in [-0.1, -0.05) is 43.9 Å². The lowest BCUT2D eigenvalue weighted by Crippen LogP contribution is -1.98. The Bertz CT molecular complexity index is 962. The van der Waals surface area contributed by atoms with E-state index in [9.17, 15) is 0 Å². The SMILES string of the molecule is C=Cc1cc(CCc2ccc(C)nc2C)cc2scc(CC(=C)CC)c12. The van der Waals surface area contributed by atoms with Crippen molar-refractivity contribution in [1.82, 2.24) is 4.98 Å². The van der Waals surface area contributed by atoms with Crippen LogP contribution < -0.4 is 0 Å². The van der Waals surface area contributed by atoms with Crippen LogP contribution in [0.25, 0.3) is 16.2 Å². The Balaban J connectivity index is 1.88. The first-order chi connectivity index (χ1) is 12.5. The highest BCUT2D eigenvalue weighted by Crippen LogP contribution is 2.33. The number of nitrogens with zero attached hydrogens (tertiary/aromatic N) is 1. The molecule has 134 valence electrons. The van der Waals surface area contributed by atoms with Crippen molar-refractivity contribution in [1.29, 1.82) is 0 Å². The molecular formula is C24H27NS. The van der Waals surface area contributed by atoms with Gasteiger partial charge in [-0.3, -0.25) is 4.98 Å². The zero-order valence-corrected chi connectivity index (χ0v) is 16.9. The predicted molar refractivity (Wildman–Crippen MR) is 116 cm³/mol. The zero-order chi connectivity index (χ0) is 18.7. The predicted octanol–water partition coefficient (Wildman–Crippen LogP) is 6.85. The van der Waals surface area contributed by atoms with Gasteiger partial charge in [0.25, 0.3) is 0 Å². The lowest BCUT2D eigenvalue weighted by molar-refractivity contribution is 0.925. The van der Waals surface area contributed by atoms with E-state index in [4.69, 9.17) is 0 Å². The number of hydrogen-bond acceptors (Lipinski definition) is 2. The van der Waals surface area contributed by atoms with Crippen LogP contribution in [0.4, 0.5) is 0 Å². The van der Waals surface area contributed by atoms with E-state index in [1.807, 2.05) is 24.3 Å². The van der Waals surface area contributed by atoms with Gasteiger partial charge < -0.3 is 0 Å². The number of rotatable bonds is 7. The van der Waals surface area contributed by atoms with E-state index < -0.39 is 0 Å². The second kappa shape index (κ2) is 8.01. The smallest absolute Gasteiger partial charge is 0.0407 e. The highest BCUT2D eigenvalue weighted by molar-refractivity contribution is 7.17. The van der Waals surface area contributed by atoms with Crippen LogP contribution in [0.1, 0.15) is 47.0 Å². The monoisotopic (exact) mass is 361 g/mol. The summed E-state index contributed by atoms with van der Waals surface area (Å²) in [4.78, 5) is 4.59. The number of aryl methyl sites for hydroxylation is 4. The average molecular weight is 362 g/mol. The van der Waals surface area contributed by atoms with E-state index >= 15 is 0 Å². The second-order valence-corrected chi connectivity index (χ2v) is 7.91. The summed E-state index contributed by atoms with van der Waals surface area (Å²) in [7, 11) is 0. The van der Waals surface area contributed by atoms with Crippen LogP contribution in [-0.2, 0) is 19.3 Å². The molecule has 0 bridgehead atoms. The van der Waals surface area contributed by atoms with Crippen molar-refractivity contribution in [3.63, 3.8) is 0 Å². The minimum Gasteiger partial charge on any atom is -0.258 e. The lowest BCUT2D eigenvalue weighted by atomic mass is 9.96. The summed E-state index contributed by atoms with van der Waals surface area (Å²) in [6.07, 6.45) is 6.03. The fourth-order valence-corrected chi connectivity index (χ4v) is 4.47. The summed E-state index contributed by atoms with van der Waals surface area (Å²) in [5.41, 5.74) is 8.85. The molecule has 2 aromatic heterocycles. The minimum absolute atomic E-state index is 0.963. The summed E-state index contributed by atoms with van der Waals surface area (Å²) in [6.45, 7) is 14.6. The van der Waals surface area contributed by atoms with Crippen molar-refractivity contribution in [3.05, 3.63) is 82.0 Å². The van der Waals surface area contributed by atoms with E-state index in [0.717, 1.165) is 37.1 Å². The fraction of sp³-hybridized carbons (Fsp3) is 0.292. The van der Waals surface area contributed by atoms with Crippen molar-refractivity contribution in [2.75, 3.05) is 0 Å². The summed E-state index contributed by atoms with van der Waals surface area (Å²) < 4.78 is 1.36. The maximum atomic E-state index is 4.59. The molecule has 2 heterocycles. The van der Waals surface area contributed by atoms with E-state index in [0.29, 0.717) is 0 Å². The number of pyridine rings is 1. The Hall–Kier alpha value is -2.19. The molecule has 0 fully saturated rings. The Labute approximate surface area is 161 Å². The summed E-state index contributed by atoms with van der Waals surface area (Å²) in [5.74, 6) is 0. The van der Waals surface area contributed by atoms with E-state index in [1.54, 1.807) is 0 Å². The van der Waals surface area contributed by atoms with Crippen LogP contribution in [0.15, 0.2) is 48.4 Å². The van der Waals surface area contributed by atoms with Gasteiger partial charge in [-0.05, 0) is 79.3 Å². The van der Waals surface area contributed by atoms with E-state index in [2.05, 4.69) is 61.6 Å². The van der Waals surface area contributed by atoms with Crippen molar-refractivity contribution in [2.45, 2.75) is 46.5 Å². The van der Waals surface area contributed by atoms with Crippen molar-refractivity contribution in [3.8, 4) is 0 Å². The molecule has 26 heavy (non-hydrogen) atoms. The van der Waals surface area contributed by atoms with Crippen molar-refractivity contribution < 1.29 is 0 Å². The molecule has 0 aliphatic rings. The molecule has 0 radical (unpaired) electrons. The molecule has 1 aromatic carbocycles. The molecular weight excluding hydrogens is 334 g/mol. The molecule has 0 amide bonds. The van der Waals surface area contributed by atoms with Crippen molar-refractivity contribution >= 4 is 27.5 Å². The molecule has 3 rings (SSSR count). The van der Waals surface area contributed by atoms with Crippen LogP contribution in [0.2, 0.25) is 0 Å². The van der Waals surface area contributed by atoms with Crippen LogP contribution in [-0.4, -0.2) is 4.98 Å². The number of thiophene rings is 1. The van der Waals surface area contributed by atoms with Gasteiger partial charge in [0.15, 0.2) is 0 Å². The van der Waals surface area contributed by atoms with Crippen LogP contribution in [0.5, 0.6) is 0 Å². The van der Waals surface area contributed by atoms with Gasteiger partial charge in [0.05, 0.1) is 0 Å². The standard InChI is InChI=1S/C24H27NS/c1-6-16(3)12-22-15-26-23-14-19(13-20(7-2)24(22)23)9-11-21-10-8-17(4)25-18(21)5/h7-8,10,13-15H,2-3,6,9,11-12H2,1,4-5H3. The van der Waals surface area contributed by atoms with E-state index in [1.165, 1.54) is 37.9 Å². The van der Waals surface area contributed by atoms with Gasteiger partial charge >= 0.3 is 0 Å². The normalized spacial score (nSPS) is 11.0. The Morgan fingerprint density at radius 3 is 2.65 bits per heavy atom. The number of hydrogen-bond donors (Lipinski definition) is 0. The minimum atomic E-state index is 0.963. The molecule has 0 saturated carbocycles. The van der Waals surface area contributed by atoms with Gasteiger partial charge in [0, 0.05) is 21.5 Å². The Morgan fingerprint density at radius 1 is 1.15 bits per heavy atom. The van der Waals surface area contributed by atoms with Crippen LogP contribution in [0, 0.1) is 13.8 Å². The van der Waals surface area contributed by atoms with Gasteiger partial charge in [-0.15, -0.1) is 11.3 Å². The Kier molecular flexibility index (Phi) is 5.73. The molecule has 0 aliphatic heterocycles. The Morgan fingerprint density at radius 2 is 1.96 bits per heavy atom. The molecule has 0 saturated heterocycles. The average Bonchev–Trinajstić information content (AvgIpc) is 3.03. The van der Waals surface area contributed by atoms with E-state index in [-0.39, 0.29) is 0 Å². The largest absolute Gasteiger partial charge is 0.258 e. The summed E-state index contributed by atoms with van der Waals surface area (Å²) in [6, 6.07) is 8.97. The number of benzene rings is 1. The molecule has 2 heteroatoms. The lowest BCUT2D eigenvalue weighted by Gasteiger charge is -2.09.